The zero-order valence-electron chi connectivity index (χ0n) is 16.4. The predicted octanol–water partition coefficient (Wildman–Crippen LogP) is 1.06. The molecule has 9 nitrogen and oxygen atoms in total. The number of imide groups is 1. The van der Waals surface area contributed by atoms with Gasteiger partial charge in [-0.05, 0) is 35.4 Å². The number of likely N-dealkylation sites (tertiary alicyclic amines) is 1. The van der Waals surface area contributed by atoms with E-state index in [-0.39, 0.29) is 11.8 Å². The van der Waals surface area contributed by atoms with E-state index in [2.05, 4.69) is 25.3 Å². The van der Waals surface area contributed by atoms with Gasteiger partial charge in [-0.25, -0.2) is 0 Å². The van der Waals surface area contributed by atoms with E-state index in [1.54, 1.807) is 4.68 Å². The lowest BCUT2D eigenvalue weighted by atomic mass is 9.85. The van der Waals surface area contributed by atoms with Crippen molar-refractivity contribution in [3.63, 3.8) is 0 Å². The summed E-state index contributed by atoms with van der Waals surface area (Å²) in [6, 6.07) is 9.82. The molecule has 2 aromatic rings. The van der Waals surface area contributed by atoms with Gasteiger partial charge < -0.3 is 4.90 Å². The zero-order chi connectivity index (χ0) is 19.8. The summed E-state index contributed by atoms with van der Waals surface area (Å²) in [5.41, 5.74) is 0.529. The highest BCUT2D eigenvalue weighted by molar-refractivity contribution is 6.06. The highest BCUT2D eigenvalue weighted by Gasteiger charge is 2.52. The Morgan fingerprint density at radius 3 is 2.41 bits per heavy atom. The first kappa shape index (κ1) is 18.2. The third kappa shape index (κ3) is 3.19. The molecule has 3 fully saturated rings. The first-order valence-corrected chi connectivity index (χ1v) is 10.3. The number of tetrazole rings is 1. The van der Waals surface area contributed by atoms with Gasteiger partial charge in [0.05, 0.1) is 17.8 Å². The van der Waals surface area contributed by atoms with E-state index in [4.69, 9.17) is 0 Å². The lowest BCUT2D eigenvalue weighted by Crippen LogP contribution is -2.52. The lowest BCUT2D eigenvalue weighted by molar-refractivity contribution is -0.143. The minimum absolute atomic E-state index is 0.00708. The van der Waals surface area contributed by atoms with E-state index in [1.165, 1.54) is 4.90 Å². The predicted molar refractivity (Wildman–Crippen MR) is 105 cm³/mol. The maximum absolute atomic E-state index is 12.9. The van der Waals surface area contributed by atoms with Gasteiger partial charge in [0.25, 0.3) is 0 Å². The third-order valence-corrected chi connectivity index (χ3v) is 6.50. The molecule has 0 N–H and O–H groups in total. The van der Waals surface area contributed by atoms with Crippen LogP contribution in [0, 0.1) is 5.41 Å². The summed E-state index contributed by atoms with van der Waals surface area (Å²) in [5, 5.41) is 12.2. The number of hydrogen-bond donors (Lipinski definition) is 0. The molecule has 152 valence electrons. The number of carbonyl (C=O) groups excluding carboxylic acids is 2. The van der Waals surface area contributed by atoms with Crippen LogP contribution in [0.5, 0.6) is 0 Å². The van der Waals surface area contributed by atoms with Crippen LogP contribution in [0.15, 0.2) is 30.3 Å². The van der Waals surface area contributed by atoms with Crippen molar-refractivity contribution >= 4 is 17.8 Å². The lowest BCUT2D eigenvalue weighted by Gasteiger charge is -2.36. The van der Waals surface area contributed by atoms with Crippen LogP contribution in [0.4, 0.5) is 5.95 Å². The maximum Gasteiger partial charge on any atom is 0.250 e. The summed E-state index contributed by atoms with van der Waals surface area (Å²) in [6.07, 6.45) is 4.25. The van der Waals surface area contributed by atoms with E-state index in [9.17, 15) is 9.59 Å². The number of hydrogen-bond acceptors (Lipinski definition) is 7. The van der Waals surface area contributed by atoms with Gasteiger partial charge in [-0.3, -0.25) is 19.4 Å². The molecule has 0 radical (unpaired) electrons. The summed E-state index contributed by atoms with van der Waals surface area (Å²) in [4.78, 5) is 31.2. The molecule has 0 atom stereocenters. The maximum atomic E-state index is 12.9. The molecule has 2 saturated heterocycles. The molecule has 9 heteroatoms. The molecule has 3 heterocycles. The number of aromatic nitrogens is 4. The Morgan fingerprint density at radius 1 is 0.966 bits per heavy atom. The minimum atomic E-state index is -0.392. The average molecular weight is 395 g/mol. The Kier molecular flexibility index (Phi) is 4.54. The highest BCUT2D eigenvalue weighted by atomic mass is 16.2. The van der Waals surface area contributed by atoms with Crippen LogP contribution in [0.3, 0.4) is 0 Å². The number of amides is 2. The molecule has 1 aromatic carbocycles. The zero-order valence-corrected chi connectivity index (χ0v) is 16.4. The molecule has 1 spiro atoms. The molecule has 3 aliphatic rings. The molecular formula is C20H25N7O2. The molecule has 0 unspecified atom stereocenters. The first-order valence-electron chi connectivity index (χ1n) is 10.3. The van der Waals surface area contributed by atoms with Crippen molar-refractivity contribution in [2.75, 3.05) is 37.7 Å². The Morgan fingerprint density at radius 2 is 1.69 bits per heavy atom. The molecule has 0 bridgehead atoms. The van der Waals surface area contributed by atoms with Gasteiger partial charge in [-0.2, -0.15) is 4.68 Å². The smallest absolute Gasteiger partial charge is 0.250 e. The summed E-state index contributed by atoms with van der Waals surface area (Å²) >= 11 is 0. The number of piperazine rings is 1. The van der Waals surface area contributed by atoms with Crippen LogP contribution in [-0.4, -0.2) is 74.7 Å². The summed E-state index contributed by atoms with van der Waals surface area (Å²) in [6.45, 7) is 3.40. The van der Waals surface area contributed by atoms with Crippen molar-refractivity contribution < 1.29 is 9.59 Å². The van der Waals surface area contributed by atoms with Gasteiger partial charge in [0.1, 0.15) is 0 Å². The second-order valence-electron chi connectivity index (χ2n) is 8.26. The van der Waals surface area contributed by atoms with Crippen molar-refractivity contribution in [3.05, 3.63) is 30.3 Å². The molecule has 29 heavy (non-hydrogen) atoms. The van der Waals surface area contributed by atoms with Crippen molar-refractivity contribution in [1.29, 1.82) is 0 Å². The van der Waals surface area contributed by atoms with Gasteiger partial charge in [-0.1, -0.05) is 36.1 Å². The number of para-hydroxylation sites is 1. The van der Waals surface area contributed by atoms with Gasteiger partial charge >= 0.3 is 0 Å². The quantitative estimate of drug-likeness (QED) is 0.716. The molecule has 1 aliphatic carbocycles. The fraction of sp³-hybridized carbons (Fsp3) is 0.550. The van der Waals surface area contributed by atoms with Crippen LogP contribution in [0.25, 0.3) is 5.69 Å². The van der Waals surface area contributed by atoms with Crippen LogP contribution in [0.1, 0.15) is 32.1 Å². The van der Waals surface area contributed by atoms with E-state index in [1.807, 2.05) is 30.3 Å². The van der Waals surface area contributed by atoms with E-state index in [0.29, 0.717) is 19.0 Å². The van der Waals surface area contributed by atoms with Gasteiger partial charge in [0.15, 0.2) is 0 Å². The monoisotopic (exact) mass is 395 g/mol. The Balaban J connectivity index is 1.23. The fourth-order valence-corrected chi connectivity index (χ4v) is 4.85. The number of anilines is 1. The van der Waals surface area contributed by atoms with Gasteiger partial charge in [0, 0.05) is 32.6 Å². The van der Waals surface area contributed by atoms with Gasteiger partial charge in [0.2, 0.25) is 17.8 Å². The second kappa shape index (κ2) is 7.22. The Hall–Kier alpha value is -2.81. The molecule has 2 amide bonds. The number of nitrogens with zero attached hydrogens (tertiary/aromatic N) is 7. The molecule has 2 aliphatic heterocycles. The molecule has 1 aromatic heterocycles. The standard InChI is InChI=1S/C20H25N7O2/c28-17-14-20(8-4-5-9-20)18(29)26(17)15-24-10-12-25(13-11-24)19-21-22-23-27(19)16-6-2-1-3-7-16/h1-3,6-7H,4-5,8-15H2. The van der Waals surface area contributed by atoms with Crippen LogP contribution in [0.2, 0.25) is 0 Å². The van der Waals surface area contributed by atoms with E-state index in [0.717, 1.165) is 57.5 Å². The minimum Gasteiger partial charge on any atom is -0.337 e. The van der Waals surface area contributed by atoms with Gasteiger partial charge in [-0.15, -0.1) is 0 Å². The van der Waals surface area contributed by atoms with E-state index >= 15 is 0 Å². The third-order valence-electron chi connectivity index (χ3n) is 6.50. The van der Waals surface area contributed by atoms with Crippen molar-refractivity contribution in [1.82, 2.24) is 30.0 Å². The normalized spacial score (nSPS) is 22.2. The molecular weight excluding hydrogens is 370 g/mol. The highest BCUT2D eigenvalue weighted by Crippen LogP contribution is 2.46. The first-order chi connectivity index (χ1) is 14.2. The Bertz CT molecular complexity index is 899. The van der Waals surface area contributed by atoms with E-state index < -0.39 is 5.41 Å². The topological polar surface area (TPSA) is 87.5 Å². The number of benzene rings is 1. The fourth-order valence-electron chi connectivity index (χ4n) is 4.85. The Labute approximate surface area is 169 Å². The molecule has 5 rings (SSSR count). The molecule has 1 saturated carbocycles. The van der Waals surface area contributed by atoms with Crippen molar-refractivity contribution in [2.24, 2.45) is 5.41 Å². The summed E-state index contributed by atoms with van der Waals surface area (Å²) < 4.78 is 1.74. The van der Waals surface area contributed by atoms with Crippen LogP contribution in [-0.2, 0) is 9.59 Å². The number of rotatable bonds is 4. The average Bonchev–Trinajstić information content (AvgIpc) is 3.47. The second-order valence-corrected chi connectivity index (χ2v) is 8.26. The van der Waals surface area contributed by atoms with Crippen molar-refractivity contribution in [3.8, 4) is 5.69 Å². The van der Waals surface area contributed by atoms with Crippen LogP contribution < -0.4 is 4.90 Å². The summed E-state index contributed by atoms with van der Waals surface area (Å²) in [7, 11) is 0. The largest absolute Gasteiger partial charge is 0.337 e. The SMILES string of the molecule is O=C1CC2(CCCC2)C(=O)N1CN1CCN(c2nnnn2-c2ccccc2)CC1. The van der Waals surface area contributed by atoms with Crippen LogP contribution >= 0.6 is 0 Å². The van der Waals surface area contributed by atoms with Crippen molar-refractivity contribution in [2.45, 2.75) is 32.1 Å². The summed E-state index contributed by atoms with van der Waals surface area (Å²) in [5.74, 6) is 0.761. The number of carbonyl (C=O) groups is 2.